The summed E-state index contributed by atoms with van der Waals surface area (Å²) < 4.78 is 0. The zero-order valence-corrected chi connectivity index (χ0v) is 17.1. The molecule has 0 spiro atoms. The number of fused-ring (bicyclic) bond motifs is 1. The van der Waals surface area contributed by atoms with Crippen LogP contribution in [0.5, 0.6) is 0 Å². The lowest BCUT2D eigenvalue weighted by Gasteiger charge is -2.23. The molecule has 3 aromatic rings. The summed E-state index contributed by atoms with van der Waals surface area (Å²) in [6.45, 7) is 2.07. The van der Waals surface area contributed by atoms with E-state index < -0.39 is 17.6 Å². The van der Waals surface area contributed by atoms with E-state index in [1.165, 1.54) is 0 Å². The van der Waals surface area contributed by atoms with Gasteiger partial charge in [-0.25, -0.2) is 9.59 Å². The van der Waals surface area contributed by atoms with Crippen molar-refractivity contribution in [3.63, 3.8) is 0 Å². The third kappa shape index (κ3) is 4.10. The Hall–Kier alpha value is -3.80. The van der Waals surface area contributed by atoms with Gasteiger partial charge in [0.05, 0.1) is 21.8 Å². The van der Waals surface area contributed by atoms with E-state index in [0.717, 1.165) is 24.0 Å². The van der Waals surface area contributed by atoms with Gasteiger partial charge in [0.2, 0.25) is 0 Å². The molecule has 31 heavy (non-hydrogen) atoms. The number of aromatic carboxylic acids is 2. The number of carboxylic acids is 2. The van der Waals surface area contributed by atoms with Crippen molar-refractivity contribution in [2.24, 2.45) is 9.98 Å². The fourth-order valence-corrected chi connectivity index (χ4v) is 4.04. The lowest BCUT2D eigenvalue weighted by atomic mass is 9.93. The number of hydrogen-bond donors (Lipinski definition) is 2. The van der Waals surface area contributed by atoms with E-state index in [-0.39, 0.29) is 11.1 Å². The lowest BCUT2D eigenvalue weighted by molar-refractivity contribution is 0.0686. The molecule has 0 aromatic heterocycles. The molecule has 1 aliphatic rings. The topological polar surface area (TPSA) is 99.3 Å². The average Bonchev–Trinajstić information content (AvgIpc) is 3.11. The lowest BCUT2D eigenvalue weighted by Crippen LogP contribution is -2.26. The smallest absolute Gasteiger partial charge is 0.336 e. The maximum Gasteiger partial charge on any atom is 0.336 e. The van der Waals surface area contributed by atoms with Gasteiger partial charge in [0.25, 0.3) is 0 Å². The first-order valence-corrected chi connectivity index (χ1v) is 10.2. The normalized spacial score (nSPS) is 16.8. The van der Waals surface area contributed by atoms with Crippen LogP contribution in [0.1, 0.15) is 46.0 Å². The summed E-state index contributed by atoms with van der Waals surface area (Å²) in [7, 11) is 0. The van der Waals surface area contributed by atoms with Crippen LogP contribution in [0.2, 0.25) is 0 Å². The highest BCUT2D eigenvalue weighted by Crippen LogP contribution is 2.29. The molecule has 1 aliphatic heterocycles. The third-order valence-electron chi connectivity index (χ3n) is 5.44. The van der Waals surface area contributed by atoms with Crippen LogP contribution in [0, 0.1) is 0 Å². The molecule has 0 saturated heterocycles. The van der Waals surface area contributed by atoms with Crippen LogP contribution in [0.25, 0.3) is 11.1 Å². The van der Waals surface area contributed by atoms with Gasteiger partial charge in [0.15, 0.2) is 5.66 Å². The molecule has 0 fully saturated rings. The van der Waals surface area contributed by atoms with Crippen molar-refractivity contribution in [2.45, 2.75) is 31.8 Å². The van der Waals surface area contributed by atoms with E-state index in [9.17, 15) is 19.8 Å². The molecule has 6 heteroatoms. The Morgan fingerprint density at radius 2 is 1.58 bits per heavy atom. The summed E-state index contributed by atoms with van der Waals surface area (Å²) in [5.74, 6) is -1.94. The fraction of sp³-hybridized carbons (Fsp3) is 0.200. The molecule has 1 atom stereocenters. The fourth-order valence-electron chi connectivity index (χ4n) is 4.04. The minimum absolute atomic E-state index is 0.200. The molecule has 2 N–H and O–H groups in total. The highest BCUT2D eigenvalue weighted by molar-refractivity contribution is 5.96. The first kappa shape index (κ1) is 20.5. The Balaban J connectivity index is 1.66. The molecular weight excluding hydrogens is 392 g/mol. The summed E-state index contributed by atoms with van der Waals surface area (Å²) >= 11 is 0. The summed E-state index contributed by atoms with van der Waals surface area (Å²) in [6.07, 6.45) is 2.21. The van der Waals surface area contributed by atoms with Crippen molar-refractivity contribution < 1.29 is 19.8 Å². The van der Waals surface area contributed by atoms with Gasteiger partial charge in [0.1, 0.15) is 0 Å². The van der Waals surface area contributed by atoms with Gasteiger partial charge >= 0.3 is 11.9 Å². The van der Waals surface area contributed by atoms with Crippen LogP contribution in [-0.2, 0) is 6.42 Å². The number of carboxylic acid groups (broad SMARTS) is 2. The van der Waals surface area contributed by atoms with Crippen molar-refractivity contribution >= 4 is 11.9 Å². The number of nitrogens with zero attached hydrogens (tertiary/aromatic N) is 2. The number of benzene rings is 3. The van der Waals surface area contributed by atoms with Crippen molar-refractivity contribution in [3.8, 4) is 11.1 Å². The SMILES string of the molecule is CCCC1(Cc2ccc(-c3ccccc3C(=O)O)cc2)N=c2ccc(C(=O)O)cc2=N1. The number of carbonyl (C=O) groups is 2. The summed E-state index contributed by atoms with van der Waals surface area (Å²) in [5.41, 5.74) is 2.35. The highest BCUT2D eigenvalue weighted by atomic mass is 16.4. The van der Waals surface area contributed by atoms with E-state index in [2.05, 4.69) is 6.92 Å². The third-order valence-corrected chi connectivity index (χ3v) is 5.44. The predicted molar refractivity (Wildman–Crippen MR) is 116 cm³/mol. The Kier molecular flexibility index (Phi) is 5.38. The van der Waals surface area contributed by atoms with Gasteiger partial charge in [-0.1, -0.05) is 55.8 Å². The van der Waals surface area contributed by atoms with E-state index in [1.807, 2.05) is 30.3 Å². The number of rotatable bonds is 7. The monoisotopic (exact) mass is 414 g/mol. The summed E-state index contributed by atoms with van der Waals surface area (Å²) in [4.78, 5) is 32.5. The maximum atomic E-state index is 11.5. The molecule has 0 aliphatic carbocycles. The molecule has 1 heterocycles. The Bertz CT molecular complexity index is 1280. The van der Waals surface area contributed by atoms with Crippen molar-refractivity contribution in [2.75, 3.05) is 0 Å². The molecule has 0 amide bonds. The summed E-state index contributed by atoms with van der Waals surface area (Å²) in [5, 5.41) is 20.0. The second-order valence-electron chi connectivity index (χ2n) is 7.69. The van der Waals surface area contributed by atoms with Crippen LogP contribution in [0.4, 0.5) is 0 Å². The molecule has 1 unspecified atom stereocenters. The average molecular weight is 414 g/mol. The molecule has 0 radical (unpaired) electrons. The van der Waals surface area contributed by atoms with Crippen LogP contribution in [-0.4, -0.2) is 27.8 Å². The minimum atomic E-state index is -0.983. The van der Waals surface area contributed by atoms with Crippen LogP contribution >= 0.6 is 0 Å². The second kappa shape index (κ2) is 8.14. The summed E-state index contributed by atoms with van der Waals surface area (Å²) in [6, 6.07) is 19.6. The second-order valence-corrected chi connectivity index (χ2v) is 7.69. The van der Waals surface area contributed by atoms with E-state index in [0.29, 0.717) is 22.7 Å². The van der Waals surface area contributed by atoms with Gasteiger partial charge in [-0.15, -0.1) is 0 Å². The van der Waals surface area contributed by atoms with E-state index in [1.54, 1.807) is 36.4 Å². The van der Waals surface area contributed by atoms with Crippen LogP contribution in [0.15, 0.2) is 76.7 Å². The Labute approximate surface area is 179 Å². The molecule has 156 valence electrons. The molecule has 6 nitrogen and oxygen atoms in total. The van der Waals surface area contributed by atoms with Crippen molar-refractivity contribution in [1.82, 2.24) is 0 Å². The quantitative estimate of drug-likeness (QED) is 0.615. The molecule has 4 rings (SSSR count). The zero-order valence-electron chi connectivity index (χ0n) is 17.1. The first-order valence-electron chi connectivity index (χ1n) is 10.2. The standard InChI is InChI=1S/C25H22N2O4/c1-2-13-25(26-21-12-11-18(23(28)29)14-22(21)27-25)15-16-7-9-17(10-8-16)19-5-3-4-6-20(19)24(30)31/h3-12,14H,2,13,15H2,1H3,(H,28,29)(H,30,31). The molecular formula is C25H22N2O4. The van der Waals surface area contributed by atoms with Gasteiger partial charge in [-0.2, -0.15) is 0 Å². The van der Waals surface area contributed by atoms with Crippen molar-refractivity contribution in [3.05, 3.63) is 94.1 Å². The first-order chi connectivity index (χ1) is 14.9. The van der Waals surface area contributed by atoms with Crippen molar-refractivity contribution in [1.29, 1.82) is 0 Å². The van der Waals surface area contributed by atoms with Gasteiger partial charge in [-0.3, -0.25) is 9.98 Å². The predicted octanol–water partition coefficient (Wildman–Crippen LogP) is 3.74. The largest absolute Gasteiger partial charge is 0.478 e. The van der Waals surface area contributed by atoms with Gasteiger partial charge in [0, 0.05) is 6.42 Å². The molecule has 0 saturated carbocycles. The number of hydrogen-bond acceptors (Lipinski definition) is 4. The Morgan fingerprint density at radius 3 is 2.26 bits per heavy atom. The molecule has 0 bridgehead atoms. The van der Waals surface area contributed by atoms with E-state index in [4.69, 9.17) is 9.98 Å². The Morgan fingerprint density at radius 1 is 0.871 bits per heavy atom. The van der Waals surface area contributed by atoms with Gasteiger partial charge in [-0.05, 0) is 47.4 Å². The minimum Gasteiger partial charge on any atom is -0.478 e. The van der Waals surface area contributed by atoms with Gasteiger partial charge < -0.3 is 10.2 Å². The maximum absolute atomic E-state index is 11.5. The van der Waals surface area contributed by atoms with E-state index >= 15 is 0 Å². The zero-order chi connectivity index (χ0) is 22.0. The highest BCUT2D eigenvalue weighted by Gasteiger charge is 2.31. The van der Waals surface area contributed by atoms with Crippen LogP contribution < -0.4 is 10.7 Å². The molecule has 3 aromatic carbocycles. The van der Waals surface area contributed by atoms with Crippen LogP contribution in [0.3, 0.4) is 0 Å².